The van der Waals surface area contributed by atoms with Gasteiger partial charge in [-0.25, -0.2) is 10.4 Å². The van der Waals surface area contributed by atoms with Crippen molar-refractivity contribution in [2.24, 2.45) is 5.10 Å². The van der Waals surface area contributed by atoms with Crippen LogP contribution in [0.5, 0.6) is 0 Å². The van der Waals surface area contributed by atoms with Gasteiger partial charge in [-0.1, -0.05) is 48.2 Å². The van der Waals surface area contributed by atoms with Crippen LogP contribution in [-0.2, 0) is 10.5 Å². The summed E-state index contributed by atoms with van der Waals surface area (Å²) in [6.07, 6.45) is 1.66. The van der Waals surface area contributed by atoms with Crippen molar-refractivity contribution in [3.05, 3.63) is 89.5 Å². The van der Waals surface area contributed by atoms with Crippen molar-refractivity contribution in [3.8, 4) is 0 Å². The van der Waals surface area contributed by atoms with Crippen molar-refractivity contribution in [2.45, 2.75) is 10.1 Å². The highest BCUT2D eigenvalue weighted by atomic mass is 32.2. The van der Waals surface area contributed by atoms with E-state index in [0.29, 0.717) is 5.56 Å². The van der Waals surface area contributed by atoms with Gasteiger partial charge in [0.25, 0.3) is 5.91 Å². The lowest BCUT2D eigenvalue weighted by molar-refractivity contribution is 0.0955. The van der Waals surface area contributed by atoms with E-state index < -0.39 is 0 Å². The van der Waals surface area contributed by atoms with Gasteiger partial charge in [0, 0.05) is 30.1 Å². The number of thioether (sulfide) groups is 1. The number of benzene rings is 3. The highest BCUT2D eigenvalue weighted by molar-refractivity contribution is 8.00. The molecule has 0 atom stereocenters. The van der Waals surface area contributed by atoms with Crippen LogP contribution < -0.4 is 10.3 Å². The molecular weight excluding hydrogens is 464 g/mol. The topological polar surface area (TPSA) is 66.8 Å². The number of hydrogen-bond donors (Lipinski definition) is 1. The molecule has 4 aromatic rings. The predicted molar refractivity (Wildman–Crippen MR) is 140 cm³/mol. The molecule has 1 saturated heterocycles. The maximum absolute atomic E-state index is 12.4. The van der Waals surface area contributed by atoms with E-state index in [1.54, 1.807) is 29.3 Å². The summed E-state index contributed by atoms with van der Waals surface area (Å²) < 4.78 is 7.65. The van der Waals surface area contributed by atoms with Gasteiger partial charge in [0.2, 0.25) is 0 Å². The lowest BCUT2D eigenvalue weighted by Crippen LogP contribution is -2.36. The Morgan fingerprint density at radius 1 is 1.06 bits per heavy atom. The van der Waals surface area contributed by atoms with Crippen molar-refractivity contribution in [1.82, 2.24) is 10.4 Å². The van der Waals surface area contributed by atoms with Gasteiger partial charge in [-0.2, -0.15) is 5.10 Å². The number of hydrazone groups is 1. The Labute approximate surface area is 206 Å². The third-order valence-corrected chi connectivity index (χ3v) is 7.75. The maximum atomic E-state index is 12.4. The third-order valence-electron chi connectivity index (χ3n) is 5.50. The smallest absolute Gasteiger partial charge is 0.271 e. The van der Waals surface area contributed by atoms with Gasteiger partial charge in [-0.15, -0.1) is 11.3 Å². The number of morpholine rings is 1. The number of amides is 1. The van der Waals surface area contributed by atoms with Crippen LogP contribution in [0.1, 0.15) is 21.5 Å². The van der Waals surface area contributed by atoms with Gasteiger partial charge in [-0.05, 0) is 47.5 Å². The second kappa shape index (κ2) is 10.8. The maximum Gasteiger partial charge on any atom is 0.271 e. The molecule has 1 fully saturated rings. The van der Waals surface area contributed by atoms with Crippen LogP contribution in [0.25, 0.3) is 10.2 Å². The van der Waals surface area contributed by atoms with Crippen molar-refractivity contribution < 1.29 is 9.53 Å². The molecule has 0 radical (unpaired) electrons. The lowest BCUT2D eigenvalue weighted by atomic mass is 10.1. The zero-order chi connectivity index (χ0) is 23.2. The normalized spacial score (nSPS) is 14.1. The van der Waals surface area contributed by atoms with Crippen molar-refractivity contribution in [2.75, 3.05) is 31.2 Å². The van der Waals surface area contributed by atoms with E-state index in [2.05, 4.69) is 38.6 Å². The fourth-order valence-corrected chi connectivity index (χ4v) is 5.66. The Morgan fingerprint density at radius 2 is 1.82 bits per heavy atom. The lowest BCUT2D eigenvalue weighted by Gasteiger charge is -2.28. The Morgan fingerprint density at radius 3 is 2.59 bits per heavy atom. The Balaban J connectivity index is 1.11. The molecule has 1 aliphatic rings. The number of hydrogen-bond acceptors (Lipinski definition) is 7. The standard InChI is InChI=1S/C26H24N4O2S2/c31-25(29-27-17-19-7-11-22(12-8-19)30-13-15-32-16-14-30)21-9-5-20(6-10-21)18-33-26-28-23-3-1-2-4-24(23)34-26/h1-12,17H,13-16,18H2,(H,29,31). The van der Waals surface area contributed by atoms with E-state index >= 15 is 0 Å². The van der Waals surface area contributed by atoms with E-state index in [0.717, 1.165) is 53.0 Å². The molecule has 1 N–H and O–H groups in total. The first-order valence-corrected chi connectivity index (χ1v) is 12.9. The number of fused-ring (bicyclic) bond motifs is 1. The molecule has 0 aliphatic carbocycles. The van der Waals surface area contributed by atoms with Crippen molar-refractivity contribution >= 4 is 51.1 Å². The summed E-state index contributed by atoms with van der Waals surface area (Å²) in [7, 11) is 0. The highest BCUT2D eigenvalue weighted by Gasteiger charge is 2.10. The Kier molecular flexibility index (Phi) is 7.19. The average Bonchev–Trinajstić information content (AvgIpc) is 3.32. The minimum absolute atomic E-state index is 0.230. The predicted octanol–water partition coefficient (Wildman–Crippen LogP) is 5.19. The first-order chi connectivity index (χ1) is 16.7. The Bertz CT molecular complexity index is 1250. The summed E-state index contributed by atoms with van der Waals surface area (Å²) in [5, 5.41) is 4.11. The molecule has 1 aromatic heterocycles. The van der Waals surface area contributed by atoms with E-state index in [4.69, 9.17) is 4.74 Å². The van der Waals surface area contributed by atoms with Crippen molar-refractivity contribution in [1.29, 1.82) is 0 Å². The number of carbonyl (C=O) groups is 1. The van der Waals surface area contributed by atoms with Gasteiger partial charge < -0.3 is 9.64 Å². The van der Waals surface area contributed by atoms with Gasteiger partial charge in [0.05, 0.1) is 29.6 Å². The molecular formula is C26H24N4O2S2. The number of aromatic nitrogens is 1. The van der Waals surface area contributed by atoms with Gasteiger partial charge in [0.15, 0.2) is 4.34 Å². The summed E-state index contributed by atoms with van der Waals surface area (Å²) in [6, 6.07) is 23.9. The number of carbonyl (C=O) groups excluding carboxylic acids is 1. The van der Waals surface area contributed by atoms with Crippen LogP contribution in [0.4, 0.5) is 5.69 Å². The van der Waals surface area contributed by atoms with Gasteiger partial charge in [0.1, 0.15) is 0 Å². The molecule has 8 heteroatoms. The molecule has 2 heterocycles. The van der Waals surface area contributed by atoms with E-state index in [-0.39, 0.29) is 5.91 Å². The largest absolute Gasteiger partial charge is 0.378 e. The zero-order valence-electron chi connectivity index (χ0n) is 18.5. The summed E-state index contributed by atoms with van der Waals surface area (Å²) in [5.74, 6) is 0.576. The number of nitrogens with one attached hydrogen (secondary N) is 1. The van der Waals surface area contributed by atoms with Crippen LogP contribution in [0.15, 0.2) is 82.2 Å². The molecule has 0 unspecified atom stereocenters. The van der Waals surface area contributed by atoms with Crippen LogP contribution in [-0.4, -0.2) is 43.4 Å². The van der Waals surface area contributed by atoms with Crippen LogP contribution >= 0.6 is 23.1 Å². The van der Waals surface area contributed by atoms with Crippen LogP contribution in [0.2, 0.25) is 0 Å². The number of thiazole rings is 1. The quantitative estimate of drug-likeness (QED) is 0.220. The molecule has 6 nitrogen and oxygen atoms in total. The number of nitrogens with zero attached hydrogens (tertiary/aromatic N) is 3. The van der Waals surface area contributed by atoms with Gasteiger partial charge in [-0.3, -0.25) is 4.79 Å². The zero-order valence-corrected chi connectivity index (χ0v) is 20.1. The Hall–Kier alpha value is -3.20. The van der Waals surface area contributed by atoms with E-state index in [1.807, 2.05) is 54.6 Å². The average molecular weight is 489 g/mol. The van der Waals surface area contributed by atoms with Gasteiger partial charge >= 0.3 is 0 Å². The molecule has 0 bridgehead atoms. The number of rotatable bonds is 7. The van der Waals surface area contributed by atoms with Crippen molar-refractivity contribution in [3.63, 3.8) is 0 Å². The molecule has 172 valence electrons. The minimum atomic E-state index is -0.230. The summed E-state index contributed by atoms with van der Waals surface area (Å²) in [4.78, 5) is 19.4. The molecule has 1 amide bonds. The minimum Gasteiger partial charge on any atom is -0.378 e. The molecule has 0 spiro atoms. The third kappa shape index (κ3) is 5.64. The van der Waals surface area contributed by atoms with Crippen LogP contribution in [0, 0.1) is 0 Å². The molecule has 5 rings (SSSR count). The fourth-order valence-electron chi connectivity index (χ4n) is 3.63. The first-order valence-electron chi connectivity index (χ1n) is 11.1. The highest BCUT2D eigenvalue weighted by Crippen LogP contribution is 2.31. The summed E-state index contributed by atoms with van der Waals surface area (Å²) in [5.41, 5.74) is 7.47. The second-order valence-corrected chi connectivity index (χ2v) is 10.1. The molecule has 3 aromatic carbocycles. The molecule has 1 aliphatic heterocycles. The second-order valence-electron chi connectivity index (χ2n) is 7.82. The monoisotopic (exact) mass is 488 g/mol. The van der Waals surface area contributed by atoms with E-state index in [9.17, 15) is 4.79 Å². The number of para-hydroxylation sites is 1. The SMILES string of the molecule is O=C(NN=Cc1ccc(N2CCOCC2)cc1)c1ccc(CSc2nc3ccccc3s2)cc1. The fraction of sp³-hybridized carbons (Fsp3) is 0.192. The first kappa shape index (κ1) is 22.6. The molecule has 34 heavy (non-hydrogen) atoms. The van der Waals surface area contributed by atoms with E-state index in [1.165, 1.54) is 10.4 Å². The summed E-state index contributed by atoms with van der Waals surface area (Å²) in [6.45, 7) is 3.34. The summed E-state index contributed by atoms with van der Waals surface area (Å²) >= 11 is 3.41. The molecule has 0 saturated carbocycles. The number of anilines is 1. The van der Waals surface area contributed by atoms with Crippen LogP contribution in [0.3, 0.4) is 0 Å². The number of ether oxygens (including phenoxy) is 1.